The highest BCUT2D eigenvalue weighted by Gasteiger charge is 2.04. The first-order valence-corrected chi connectivity index (χ1v) is 7.36. The molecular formula is C15H19NO3S. The van der Waals surface area contributed by atoms with Crippen molar-refractivity contribution in [3.63, 3.8) is 0 Å². The third-order valence-corrected chi connectivity index (χ3v) is 3.38. The van der Waals surface area contributed by atoms with E-state index in [4.69, 9.17) is 4.74 Å². The van der Waals surface area contributed by atoms with Crippen LogP contribution in [0.5, 0.6) is 0 Å². The first-order chi connectivity index (χ1) is 9.61. The van der Waals surface area contributed by atoms with E-state index in [2.05, 4.69) is 29.6 Å². The Morgan fingerprint density at radius 3 is 2.65 bits per heavy atom. The average Bonchev–Trinajstić information content (AvgIpc) is 2.43. The number of hydrogen-bond donors (Lipinski definition) is 1. The summed E-state index contributed by atoms with van der Waals surface area (Å²) in [6.45, 7) is 4.06. The summed E-state index contributed by atoms with van der Waals surface area (Å²) >= 11 is 1.67. The summed E-state index contributed by atoms with van der Waals surface area (Å²) < 4.78 is 4.73. The van der Waals surface area contributed by atoms with E-state index < -0.39 is 5.97 Å². The number of carbonyl (C=O) groups excluding carboxylic acids is 2. The Morgan fingerprint density at radius 2 is 2.00 bits per heavy atom. The smallest absolute Gasteiger partial charge is 0.330 e. The van der Waals surface area contributed by atoms with Crippen molar-refractivity contribution < 1.29 is 14.3 Å². The fraction of sp³-hybridized carbons (Fsp3) is 0.333. The molecule has 0 unspecified atom stereocenters. The van der Waals surface area contributed by atoms with Crippen LogP contribution in [0.2, 0.25) is 0 Å². The Kier molecular flexibility index (Phi) is 7.50. The summed E-state index contributed by atoms with van der Waals surface area (Å²) in [5, 5.41) is 2.70. The summed E-state index contributed by atoms with van der Waals surface area (Å²) in [4.78, 5) is 23.6. The molecule has 4 nitrogen and oxygen atoms in total. The van der Waals surface area contributed by atoms with E-state index >= 15 is 0 Å². The number of benzene rings is 1. The minimum atomic E-state index is -0.503. The first-order valence-electron chi connectivity index (χ1n) is 6.37. The quantitative estimate of drug-likeness (QED) is 0.363. The molecule has 5 heteroatoms. The number of aryl methyl sites for hydroxylation is 1. The lowest BCUT2D eigenvalue weighted by Crippen LogP contribution is -2.30. The maximum absolute atomic E-state index is 11.4. The van der Waals surface area contributed by atoms with Crippen LogP contribution >= 0.6 is 11.8 Å². The van der Waals surface area contributed by atoms with Crippen molar-refractivity contribution in [2.24, 2.45) is 0 Å². The minimum absolute atomic E-state index is 0.238. The van der Waals surface area contributed by atoms with Crippen LogP contribution in [-0.2, 0) is 14.3 Å². The highest BCUT2D eigenvalue weighted by Crippen LogP contribution is 2.17. The van der Waals surface area contributed by atoms with Crippen molar-refractivity contribution in [3.05, 3.63) is 42.0 Å². The van der Waals surface area contributed by atoms with Gasteiger partial charge in [0.15, 0.2) is 6.61 Å². The second-order valence-electron chi connectivity index (χ2n) is 4.12. The van der Waals surface area contributed by atoms with Crippen LogP contribution in [0, 0.1) is 6.92 Å². The zero-order valence-electron chi connectivity index (χ0n) is 11.7. The normalized spacial score (nSPS) is 10.5. The standard InChI is InChI=1S/C15H19NO3S/c1-3-4-15(18)19-11-14(17)16-9-10-20-13-7-5-12(2)6-8-13/h3-8H,9-11H2,1-2H3,(H,16,17)/b4-3+. The molecular weight excluding hydrogens is 274 g/mol. The van der Waals surface area contributed by atoms with Crippen molar-refractivity contribution in [1.29, 1.82) is 0 Å². The van der Waals surface area contributed by atoms with Crippen LogP contribution in [0.25, 0.3) is 0 Å². The number of ether oxygens (including phenoxy) is 1. The Bertz CT molecular complexity index is 469. The Labute approximate surface area is 123 Å². The van der Waals surface area contributed by atoms with Crippen LogP contribution in [0.15, 0.2) is 41.3 Å². The summed E-state index contributed by atoms with van der Waals surface area (Å²) in [7, 11) is 0. The molecule has 0 aromatic heterocycles. The van der Waals surface area contributed by atoms with Crippen molar-refractivity contribution in [1.82, 2.24) is 5.32 Å². The number of thioether (sulfide) groups is 1. The molecule has 0 radical (unpaired) electrons. The Balaban J connectivity index is 2.13. The highest BCUT2D eigenvalue weighted by molar-refractivity contribution is 7.99. The molecule has 1 rings (SSSR count). The number of carbonyl (C=O) groups is 2. The first kappa shape index (κ1) is 16.3. The molecule has 1 aromatic rings. The molecule has 0 spiro atoms. The van der Waals surface area contributed by atoms with Crippen LogP contribution in [0.4, 0.5) is 0 Å². The third kappa shape index (κ3) is 6.99. The number of allylic oxidation sites excluding steroid dienone is 1. The van der Waals surface area contributed by atoms with Gasteiger partial charge in [-0.2, -0.15) is 0 Å². The van der Waals surface area contributed by atoms with Gasteiger partial charge in [-0.25, -0.2) is 4.79 Å². The molecule has 0 atom stereocenters. The molecule has 0 fully saturated rings. The lowest BCUT2D eigenvalue weighted by atomic mass is 10.2. The van der Waals surface area contributed by atoms with Crippen molar-refractivity contribution in [2.45, 2.75) is 18.7 Å². The van der Waals surface area contributed by atoms with Gasteiger partial charge in [-0.3, -0.25) is 4.79 Å². The molecule has 0 aliphatic heterocycles. The number of nitrogens with one attached hydrogen (secondary N) is 1. The predicted molar refractivity (Wildman–Crippen MR) is 80.7 cm³/mol. The molecule has 1 N–H and O–H groups in total. The van der Waals surface area contributed by atoms with Crippen LogP contribution < -0.4 is 5.32 Å². The van der Waals surface area contributed by atoms with Crippen LogP contribution in [0.1, 0.15) is 12.5 Å². The van der Waals surface area contributed by atoms with E-state index in [1.165, 1.54) is 16.5 Å². The van der Waals surface area contributed by atoms with Gasteiger partial charge in [0.2, 0.25) is 0 Å². The van der Waals surface area contributed by atoms with Gasteiger partial charge in [0.1, 0.15) is 0 Å². The van der Waals surface area contributed by atoms with Crippen molar-refractivity contribution in [3.8, 4) is 0 Å². The molecule has 0 bridgehead atoms. The van der Waals surface area contributed by atoms with E-state index in [1.807, 2.05) is 6.92 Å². The van der Waals surface area contributed by atoms with Crippen LogP contribution in [-0.4, -0.2) is 30.8 Å². The third-order valence-electron chi connectivity index (χ3n) is 2.36. The molecule has 0 aliphatic rings. The predicted octanol–water partition coefficient (Wildman–Crippen LogP) is 2.32. The molecule has 0 saturated heterocycles. The Hall–Kier alpha value is -1.75. The van der Waals surface area contributed by atoms with Gasteiger partial charge in [0, 0.05) is 23.3 Å². The second kappa shape index (κ2) is 9.20. The van der Waals surface area contributed by atoms with Crippen molar-refractivity contribution in [2.75, 3.05) is 18.9 Å². The molecule has 1 aromatic carbocycles. The van der Waals surface area contributed by atoms with E-state index in [1.54, 1.807) is 24.8 Å². The summed E-state index contributed by atoms with van der Waals surface area (Å²) in [5.74, 6) is -0.0125. The van der Waals surface area contributed by atoms with Crippen LogP contribution in [0.3, 0.4) is 0 Å². The summed E-state index contributed by atoms with van der Waals surface area (Å²) in [6, 6.07) is 8.23. The zero-order chi connectivity index (χ0) is 14.8. The number of esters is 1. The van der Waals surface area contributed by atoms with E-state index in [9.17, 15) is 9.59 Å². The van der Waals surface area contributed by atoms with Gasteiger partial charge in [0.05, 0.1) is 0 Å². The van der Waals surface area contributed by atoms with Gasteiger partial charge in [-0.15, -0.1) is 11.8 Å². The van der Waals surface area contributed by atoms with E-state index in [-0.39, 0.29) is 12.5 Å². The van der Waals surface area contributed by atoms with Gasteiger partial charge >= 0.3 is 5.97 Å². The fourth-order valence-electron chi connectivity index (χ4n) is 1.37. The van der Waals surface area contributed by atoms with Gasteiger partial charge in [-0.1, -0.05) is 23.8 Å². The minimum Gasteiger partial charge on any atom is -0.452 e. The molecule has 0 saturated carbocycles. The number of hydrogen-bond acceptors (Lipinski definition) is 4. The topological polar surface area (TPSA) is 55.4 Å². The van der Waals surface area contributed by atoms with Crippen molar-refractivity contribution >= 4 is 23.6 Å². The lowest BCUT2D eigenvalue weighted by molar-refractivity contribution is -0.143. The highest BCUT2D eigenvalue weighted by atomic mass is 32.2. The monoisotopic (exact) mass is 293 g/mol. The molecule has 0 heterocycles. The molecule has 0 aliphatic carbocycles. The number of amides is 1. The number of rotatable bonds is 7. The summed E-state index contributed by atoms with van der Waals surface area (Å²) in [6.07, 6.45) is 2.85. The fourth-order valence-corrected chi connectivity index (χ4v) is 2.13. The molecule has 1 amide bonds. The lowest BCUT2D eigenvalue weighted by Gasteiger charge is -2.05. The SMILES string of the molecule is C/C=C/C(=O)OCC(=O)NCCSc1ccc(C)cc1. The van der Waals surface area contributed by atoms with Gasteiger partial charge in [-0.05, 0) is 26.0 Å². The van der Waals surface area contributed by atoms with Gasteiger partial charge < -0.3 is 10.1 Å². The summed E-state index contributed by atoms with van der Waals surface area (Å²) in [5.41, 5.74) is 1.23. The maximum Gasteiger partial charge on any atom is 0.330 e. The van der Waals surface area contributed by atoms with Gasteiger partial charge in [0.25, 0.3) is 5.91 Å². The Morgan fingerprint density at radius 1 is 1.30 bits per heavy atom. The zero-order valence-corrected chi connectivity index (χ0v) is 12.5. The maximum atomic E-state index is 11.4. The second-order valence-corrected chi connectivity index (χ2v) is 5.29. The molecule has 108 valence electrons. The average molecular weight is 293 g/mol. The largest absolute Gasteiger partial charge is 0.452 e. The van der Waals surface area contributed by atoms with E-state index in [0.29, 0.717) is 6.54 Å². The molecule has 20 heavy (non-hydrogen) atoms. The van der Waals surface area contributed by atoms with E-state index in [0.717, 1.165) is 5.75 Å².